The lowest BCUT2D eigenvalue weighted by atomic mass is 10.0. The van der Waals surface area contributed by atoms with Crippen molar-refractivity contribution in [1.29, 1.82) is 0 Å². The van der Waals surface area contributed by atoms with Crippen LogP contribution in [0.15, 0.2) is 24.3 Å². The predicted octanol–water partition coefficient (Wildman–Crippen LogP) is 2.19. The van der Waals surface area contributed by atoms with E-state index in [4.69, 9.17) is 9.47 Å². The van der Waals surface area contributed by atoms with E-state index in [-0.39, 0.29) is 5.91 Å². The molecular formula is C19H23N3O4. The number of amides is 1. The molecule has 7 heteroatoms. The second-order valence-electron chi connectivity index (χ2n) is 6.05. The molecule has 0 atom stereocenters. The fourth-order valence-electron chi connectivity index (χ4n) is 3.17. The van der Waals surface area contributed by atoms with Crippen molar-refractivity contribution in [3.8, 4) is 5.75 Å². The summed E-state index contributed by atoms with van der Waals surface area (Å²) >= 11 is 0. The molecule has 2 heterocycles. The van der Waals surface area contributed by atoms with Crippen molar-refractivity contribution < 1.29 is 19.1 Å². The molecule has 0 aliphatic carbocycles. The second-order valence-corrected chi connectivity index (χ2v) is 6.05. The molecule has 0 fully saturated rings. The molecule has 26 heavy (non-hydrogen) atoms. The van der Waals surface area contributed by atoms with Gasteiger partial charge in [-0.15, -0.1) is 0 Å². The van der Waals surface area contributed by atoms with Crippen molar-refractivity contribution in [2.75, 3.05) is 19.8 Å². The molecule has 1 aliphatic rings. The van der Waals surface area contributed by atoms with Crippen LogP contribution in [0.2, 0.25) is 0 Å². The van der Waals surface area contributed by atoms with E-state index in [0.29, 0.717) is 44.0 Å². The quantitative estimate of drug-likeness (QED) is 0.767. The van der Waals surface area contributed by atoms with Gasteiger partial charge in [0.05, 0.1) is 25.5 Å². The van der Waals surface area contributed by atoms with Gasteiger partial charge in [-0.2, -0.15) is 5.10 Å². The minimum Gasteiger partial charge on any atom is -0.494 e. The van der Waals surface area contributed by atoms with Crippen molar-refractivity contribution >= 4 is 11.9 Å². The highest BCUT2D eigenvalue weighted by Crippen LogP contribution is 2.24. The third kappa shape index (κ3) is 3.42. The third-order valence-corrected chi connectivity index (χ3v) is 4.36. The van der Waals surface area contributed by atoms with E-state index in [1.54, 1.807) is 47.8 Å². The minimum atomic E-state index is -0.404. The number of rotatable bonds is 5. The number of fused-ring (bicyclic) bond motifs is 1. The van der Waals surface area contributed by atoms with Crippen LogP contribution in [0.4, 0.5) is 0 Å². The van der Waals surface area contributed by atoms with Gasteiger partial charge in [-0.05, 0) is 38.1 Å². The molecule has 1 aliphatic heterocycles. The fraction of sp³-hybridized carbons (Fsp3) is 0.421. The Morgan fingerprint density at radius 2 is 1.88 bits per heavy atom. The van der Waals surface area contributed by atoms with Crippen molar-refractivity contribution in [2.45, 2.75) is 26.8 Å². The number of carbonyl (C=O) groups is 2. The van der Waals surface area contributed by atoms with E-state index in [2.05, 4.69) is 5.10 Å². The van der Waals surface area contributed by atoms with Crippen LogP contribution in [0.1, 0.15) is 46.0 Å². The van der Waals surface area contributed by atoms with E-state index in [1.807, 2.05) is 6.92 Å². The third-order valence-electron chi connectivity index (χ3n) is 4.36. The monoisotopic (exact) mass is 357 g/mol. The summed E-state index contributed by atoms with van der Waals surface area (Å²) in [6.45, 7) is 5.48. The summed E-state index contributed by atoms with van der Waals surface area (Å²) in [5.41, 5.74) is 2.65. The standard InChI is InChI=1S/C19H23N3O4/c1-4-25-14-8-6-13(7-9-14)18(23)22-11-10-16-15(12-22)17(21(3)20-16)19(24)26-5-2/h6-9H,4-5,10-12H2,1-3H3. The molecule has 0 saturated heterocycles. The first kappa shape index (κ1) is 18.0. The Kier molecular flexibility index (Phi) is 5.25. The van der Waals surface area contributed by atoms with Crippen LogP contribution in [-0.4, -0.2) is 46.3 Å². The summed E-state index contributed by atoms with van der Waals surface area (Å²) < 4.78 is 12.1. The summed E-state index contributed by atoms with van der Waals surface area (Å²) in [7, 11) is 1.73. The van der Waals surface area contributed by atoms with Crippen LogP contribution in [-0.2, 0) is 24.8 Å². The molecule has 3 rings (SSSR count). The highest BCUT2D eigenvalue weighted by atomic mass is 16.5. The number of aryl methyl sites for hydroxylation is 1. The predicted molar refractivity (Wildman–Crippen MR) is 95.2 cm³/mol. The van der Waals surface area contributed by atoms with Gasteiger partial charge in [-0.1, -0.05) is 0 Å². The summed E-state index contributed by atoms with van der Waals surface area (Å²) in [6, 6.07) is 7.11. The van der Waals surface area contributed by atoms with Gasteiger partial charge in [-0.25, -0.2) is 4.79 Å². The number of hydrogen-bond acceptors (Lipinski definition) is 5. The summed E-state index contributed by atoms with van der Waals surface area (Å²) in [4.78, 5) is 26.8. The summed E-state index contributed by atoms with van der Waals surface area (Å²) in [6.07, 6.45) is 0.616. The SMILES string of the molecule is CCOC(=O)c1c2c(nn1C)CCN(C(=O)c1ccc(OCC)cc1)C2. The molecule has 1 aromatic carbocycles. The lowest BCUT2D eigenvalue weighted by Crippen LogP contribution is -2.36. The summed E-state index contributed by atoms with van der Waals surface area (Å²) in [5.74, 6) is 0.262. The van der Waals surface area contributed by atoms with Crippen molar-refractivity contribution in [3.63, 3.8) is 0 Å². The van der Waals surface area contributed by atoms with Gasteiger partial charge in [0.2, 0.25) is 0 Å². The van der Waals surface area contributed by atoms with Gasteiger partial charge in [0.15, 0.2) is 5.69 Å². The number of esters is 1. The van der Waals surface area contributed by atoms with E-state index < -0.39 is 5.97 Å². The largest absolute Gasteiger partial charge is 0.494 e. The van der Waals surface area contributed by atoms with Crippen molar-refractivity contribution in [1.82, 2.24) is 14.7 Å². The van der Waals surface area contributed by atoms with Crippen LogP contribution >= 0.6 is 0 Å². The average molecular weight is 357 g/mol. The molecule has 7 nitrogen and oxygen atoms in total. The van der Waals surface area contributed by atoms with Crippen LogP contribution < -0.4 is 4.74 Å². The van der Waals surface area contributed by atoms with Gasteiger partial charge >= 0.3 is 5.97 Å². The van der Waals surface area contributed by atoms with Gasteiger partial charge in [0, 0.05) is 31.1 Å². The maximum absolute atomic E-state index is 12.8. The van der Waals surface area contributed by atoms with E-state index in [9.17, 15) is 9.59 Å². The maximum atomic E-state index is 12.8. The number of benzene rings is 1. The average Bonchev–Trinajstić information content (AvgIpc) is 2.97. The zero-order chi connectivity index (χ0) is 18.7. The lowest BCUT2D eigenvalue weighted by molar-refractivity contribution is 0.0508. The first-order valence-corrected chi connectivity index (χ1v) is 8.79. The molecule has 0 bridgehead atoms. The van der Waals surface area contributed by atoms with Gasteiger partial charge in [0.25, 0.3) is 5.91 Å². The smallest absolute Gasteiger partial charge is 0.356 e. The Balaban J connectivity index is 1.81. The number of hydrogen-bond donors (Lipinski definition) is 0. The Hall–Kier alpha value is -2.83. The Morgan fingerprint density at radius 1 is 1.15 bits per heavy atom. The van der Waals surface area contributed by atoms with E-state index in [0.717, 1.165) is 17.0 Å². The van der Waals surface area contributed by atoms with Crippen molar-refractivity contribution in [3.05, 3.63) is 46.8 Å². The van der Waals surface area contributed by atoms with Crippen LogP contribution in [0, 0.1) is 0 Å². The number of carbonyl (C=O) groups excluding carboxylic acids is 2. The van der Waals surface area contributed by atoms with Crippen LogP contribution in [0.3, 0.4) is 0 Å². The van der Waals surface area contributed by atoms with Crippen LogP contribution in [0.5, 0.6) is 5.75 Å². The normalized spacial score (nSPS) is 13.3. The van der Waals surface area contributed by atoms with Gasteiger partial charge < -0.3 is 14.4 Å². The second kappa shape index (κ2) is 7.59. The molecule has 138 valence electrons. The molecule has 2 aromatic rings. The highest BCUT2D eigenvalue weighted by Gasteiger charge is 2.30. The van der Waals surface area contributed by atoms with Gasteiger partial charge in [-0.3, -0.25) is 9.48 Å². The first-order chi connectivity index (χ1) is 12.5. The number of ether oxygens (including phenoxy) is 2. The maximum Gasteiger partial charge on any atom is 0.356 e. The lowest BCUT2D eigenvalue weighted by Gasteiger charge is -2.27. The first-order valence-electron chi connectivity index (χ1n) is 8.79. The van der Waals surface area contributed by atoms with Crippen LogP contribution in [0.25, 0.3) is 0 Å². The van der Waals surface area contributed by atoms with E-state index >= 15 is 0 Å². The topological polar surface area (TPSA) is 73.7 Å². The number of nitrogens with zero attached hydrogens (tertiary/aromatic N) is 3. The Labute approximate surface area is 152 Å². The number of aromatic nitrogens is 2. The molecule has 0 radical (unpaired) electrons. The molecule has 0 N–H and O–H groups in total. The molecule has 0 spiro atoms. The Morgan fingerprint density at radius 3 is 2.54 bits per heavy atom. The zero-order valence-corrected chi connectivity index (χ0v) is 15.3. The molecule has 1 aromatic heterocycles. The minimum absolute atomic E-state index is 0.0719. The van der Waals surface area contributed by atoms with Crippen molar-refractivity contribution in [2.24, 2.45) is 7.05 Å². The zero-order valence-electron chi connectivity index (χ0n) is 15.3. The fourth-order valence-corrected chi connectivity index (χ4v) is 3.17. The molecule has 0 unspecified atom stereocenters. The molecule has 1 amide bonds. The highest BCUT2D eigenvalue weighted by molar-refractivity contribution is 5.95. The van der Waals surface area contributed by atoms with E-state index in [1.165, 1.54) is 0 Å². The molecule has 0 saturated carbocycles. The molecular weight excluding hydrogens is 334 g/mol. The van der Waals surface area contributed by atoms with Gasteiger partial charge in [0.1, 0.15) is 5.75 Å². The summed E-state index contributed by atoms with van der Waals surface area (Å²) in [5, 5.41) is 4.41. The Bertz CT molecular complexity index is 811.